The molecular formula is C26H26F3N7O2. The number of fused-ring (bicyclic) bond motifs is 1. The highest BCUT2D eigenvalue weighted by Gasteiger charge is 2.32. The number of hydrogen-bond donors (Lipinski definition) is 0. The lowest BCUT2D eigenvalue weighted by Crippen LogP contribution is -2.50. The molecule has 0 bridgehead atoms. The fourth-order valence-electron chi connectivity index (χ4n) is 5.13. The highest BCUT2D eigenvalue weighted by atomic mass is 19.4. The zero-order valence-corrected chi connectivity index (χ0v) is 20.7. The number of aromatic nitrogens is 5. The Morgan fingerprint density at radius 2 is 1.92 bits per heavy atom. The highest BCUT2D eigenvalue weighted by Crippen LogP contribution is 2.28. The van der Waals surface area contributed by atoms with Crippen LogP contribution in [0.5, 0.6) is 5.75 Å². The molecule has 2 aliphatic rings. The molecule has 2 aliphatic heterocycles. The summed E-state index contributed by atoms with van der Waals surface area (Å²) in [5.74, 6) is 1.14. The van der Waals surface area contributed by atoms with Crippen LogP contribution in [0, 0.1) is 6.92 Å². The number of aryl methyl sites for hydroxylation is 1. The van der Waals surface area contributed by atoms with Crippen molar-refractivity contribution in [2.45, 2.75) is 38.7 Å². The van der Waals surface area contributed by atoms with E-state index in [4.69, 9.17) is 4.52 Å². The summed E-state index contributed by atoms with van der Waals surface area (Å²) in [5.41, 5.74) is 3.03. The molecule has 12 heteroatoms. The Morgan fingerprint density at radius 1 is 1.08 bits per heavy atom. The quantitative estimate of drug-likeness (QED) is 0.363. The largest absolute Gasteiger partial charge is 0.573 e. The lowest BCUT2D eigenvalue weighted by atomic mass is 10.1. The molecule has 3 aromatic heterocycles. The van der Waals surface area contributed by atoms with Crippen LogP contribution in [0.4, 0.5) is 19.0 Å². The summed E-state index contributed by atoms with van der Waals surface area (Å²) in [5, 5.41) is 8.62. The topological polar surface area (TPSA) is 85.3 Å². The molecule has 0 saturated carbocycles. The minimum Gasteiger partial charge on any atom is -0.406 e. The van der Waals surface area contributed by atoms with Gasteiger partial charge in [0, 0.05) is 43.1 Å². The van der Waals surface area contributed by atoms with Gasteiger partial charge in [-0.25, -0.2) is 4.98 Å². The summed E-state index contributed by atoms with van der Waals surface area (Å²) in [7, 11) is 0. The second kappa shape index (κ2) is 9.75. The number of piperazine rings is 1. The summed E-state index contributed by atoms with van der Waals surface area (Å²) < 4.78 is 48.4. The van der Waals surface area contributed by atoms with Crippen molar-refractivity contribution in [3.8, 4) is 28.7 Å². The van der Waals surface area contributed by atoms with E-state index in [1.807, 2.05) is 29.9 Å². The smallest absolute Gasteiger partial charge is 0.406 e. The maximum Gasteiger partial charge on any atom is 0.573 e. The molecule has 1 atom stereocenters. The third-order valence-electron chi connectivity index (χ3n) is 7.03. The third kappa shape index (κ3) is 5.21. The molecule has 6 rings (SSSR count). The number of halogens is 3. The van der Waals surface area contributed by atoms with Crippen LogP contribution in [0.3, 0.4) is 0 Å². The molecule has 4 aromatic rings. The van der Waals surface area contributed by atoms with E-state index in [9.17, 15) is 13.2 Å². The molecule has 1 aromatic carbocycles. The van der Waals surface area contributed by atoms with Gasteiger partial charge in [-0.2, -0.15) is 10.1 Å². The molecule has 198 valence electrons. The molecule has 5 heterocycles. The number of rotatable bonds is 6. The van der Waals surface area contributed by atoms with Crippen molar-refractivity contribution >= 4 is 5.82 Å². The van der Waals surface area contributed by atoms with E-state index >= 15 is 0 Å². The Labute approximate surface area is 216 Å². The van der Waals surface area contributed by atoms with Crippen LogP contribution >= 0.6 is 0 Å². The van der Waals surface area contributed by atoms with E-state index in [-0.39, 0.29) is 17.5 Å². The average molecular weight is 526 g/mol. The molecule has 2 saturated heterocycles. The van der Waals surface area contributed by atoms with Gasteiger partial charge in [0.15, 0.2) is 5.69 Å². The first-order valence-corrected chi connectivity index (χ1v) is 12.5. The van der Waals surface area contributed by atoms with E-state index in [2.05, 4.69) is 40.8 Å². The Hall–Kier alpha value is -3.93. The minimum atomic E-state index is -4.75. The Bertz CT molecular complexity index is 1420. The first kappa shape index (κ1) is 24.4. The van der Waals surface area contributed by atoms with Crippen LogP contribution in [0.2, 0.25) is 0 Å². The monoisotopic (exact) mass is 525 g/mol. The molecule has 0 spiro atoms. The second-order valence-corrected chi connectivity index (χ2v) is 9.62. The zero-order valence-electron chi connectivity index (χ0n) is 20.7. The van der Waals surface area contributed by atoms with Crippen LogP contribution in [-0.2, 0) is 6.54 Å². The van der Waals surface area contributed by atoms with Gasteiger partial charge in [0.1, 0.15) is 11.6 Å². The average Bonchev–Trinajstić information content (AvgIpc) is 3.64. The first-order valence-electron chi connectivity index (χ1n) is 12.5. The normalized spacial score (nSPS) is 18.1. The number of nitrogens with zero attached hydrogens (tertiary/aromatic N) is 7. The van der Waals surface area contributed by atoms with Crippen molar-refractivity contribution < 1.29 is 22.4 Å². The molecule has 9 nitrogen and oxygen atoms in total. The van der Waals surface area contributed by atoms with Gasteiger partial charge in [-0.1, -0.05) is 5.16 Å². The van der Waals surface area contributed by atoms with Gasteiger partial charge in [0.2, 0.25) is 5.82 Å². The standard InChI is InChI=1S/C26H26F3N7O2/c1-17-13-22(25-31-24(33-38-25)19-4-6-21(7-5-19)37-26(27,28)29)32-36(17)15-18-8-9-30-23(14-18)35-12-11-34-10-2-3-20(34)16-35/h4-9,13-14,20H,2-3,10-12,15-16H2,1H3. The third-order valence-corrected chi connectivity index (χ3v) is 7.03. The van der Waals surface area contributed by atoms with Crippen LogP contribution < -0.4 is 9.64 Å². The number of anilines is 1. The maximum absolute atomic E-state index is 12.4. The van der Waals surface area contributed by atoms with Gasteiger partial charge in [0.05, 0.1) is 6.54 Å². The molecule has 0 aliphatic carbocycles. The Morgan fingerprint density at radius 3 is 2.74 bits per heavy atom. The zero-order chi connectivity index (χ0) is 26.3. The molecule has 0 amide bonds. The summed E-state index contributed by atoms with van der Waals surface area (Å²) in [6.45, 7) is 6.79. The Balaban J connectivity index is 1.15. The number of pyridine rings is 1. The summed E-state index contributed by atoms with van der Waals surface area (Å²) >= 11 is 0. The van der Waals surface area contributed by atoms with Crippen molar-refractivity contribution in [2.75, 3.05) is 31.1 Å². The van der Waals surface area contributed by atoms with Crippen molar-refractivity contribution in [2.24, 2.45) is 0 Å². The molecule has 0 radical (unpaired) electrons. The molecule has 2 fully saturated rings. The lowest BCUT2D eigenvalue weighted by molar-refractivity contribution is -0.274. The fourth-order valence-corrected chi connectivity index (χ4v) is 5.13. The van der Waals surface area contributed by atoms with Gasteiger partial charge < -0.3 is 14.2 Å². The predicted molar refractivity (Wildman–Crippen MR) is 133 cm³/mol. The number of ether oxygens (including phenoxy) is 1. The van der Waals surface area contributed by atoms with Crippen LogP contribution in [0.1, 0.15) is 24.1 Å². The van der Waals surface area contributed by atoms with E-state index in [0.717, 1.165) is 36.7 Å². The SMILES string of the molecule is Cc1cc(-c2nc(-c3ccc(OC(F)(F)F)cc3)no2)nn1Cc1ccnc(N2CCN3CCCC3C2)c1. The maximum atomic E-state index is 12.4. The van der Waals surface area contributed by atoms with Crippen molar-refractivity contribution in [3.05, 3.63) is 59.9 Å². The highest BCUT2D eigenvalue weighted by molar-refractivity contribution is 5.59. The lowest BCUT2D eigenvalue weighted by Gasteiger charge is -2.38. The number of hydrogen-bond acceptors (Lipinski definition) is 8. The Kier molecular flexibility index (Phi) is 6.26. The van der Waals surface area contributed by atoms with E-state index in [1.54, 1.807) is 0 Å². The van der Waals surface area contributed by atoms with Gasteiger partial charge in [0.25, 0.3) is 5.89 Å². The van der Waals surface area contributed by atoms with Gasteiger partial charge >= 0.3 is 6.36 Å². The molecule has 1 unspecified atom stereocenters. The van der Waals surface area contributed by atoms with Crippen molar-refractivity contribution in [1.82, 2.24) is 29.8 Å². The molecular weight excluding hydrogens is 499 g/mol. The van der Waals surface area contributed by atoms with E-state index in [0.29, 0.717) is 23.8 Å². The van der Waals surface area contributed by atoms with Crippen LogP contribution in [0.15, 0.2) is 53.2 Å². The van der Waals surface area contributed by atoms with Crippen LogP contribution in [0.25, 0.3) is 23.0 Å². The van der Waals surface area contributed by atoms with E-state index in [1.165, 1.54) is 43.7 Å². The van der Waals surface area contributed by atoms with Crippen molar-refractivity contribution in [1.29, 1.82) is 0 Å². The fraction of sp³-hybridized carbons (Fsp3) is 0.385. The molecule has 38 heavy (non-hydrogen) atoms. The predicted octanol–water partition coefficient (Wildman–Crippen LogP) is 4.53. The van der Waals surface area contributed by atoms with Gasteiger partial charge in [-0.3, -0.25) is 9.58 Å². The summed E-state index contributed by atoms with van der Waals surface area (Å²) in [6, 6.07) is 11.9. The summed E-state index contributed by atoms with van der Waals surface area (Å²) in [4.78, 5) is 14.0. The van der Waals surface area contributed by atoms with Crippen molar-refractivity contribution in [3.63, 3.8) is 0 Å². The van der Waals surface area contributed by atoms with Gasteiger partial charge in [-0.05, 0) is 74.3 Å². The first-order chi connectivity index (χ1) is 18.3. The van der Waals surface area contributed by atoms with Crippen LogP contribution in [-0.4, -0.2) is 68.4 Å². The second-order valence-electron chi connectivity index (χ2n) is 9.62. The minimum absolute atomic E-state index is 0.224. The van der Waals surface area contributed by atoms with E-state index < -0.39 is 6.36 Å². The summed E-state index contributed by atoms with van der Waals surface area (Å²) in [6.07, 6.45) is -0.376. The molecule has 0 N–H and O–H groups in total. The number of alkyl halides is 3. The van der Waals surface area contributed by atoms with Gasteiger partial charge in [-0.15, -0.1) is 13.2 Å². The number of benzene rings is 1.